The van der Waals surface area contributed by atoms with Gasteiger partial charge in [0.05, 0.1) is 6.54 Å². The first-order valence-electron chi connectivity index (χ1n) is 2.62. The lowest BCUT2D eigenvalue weighted by atomic mass is 10.6. The fraction of sp³-hybridized carbons (Fsp3) is 0.333. The Morgan fingerprint density at radius 2 is 2.18 bits per heavy atom. The molecule has 0 aromatic heterocycles. The Morgan fingerprint density at radius 3 is 2.64 bits per heavy atom. The molecule has 7 nitrogen and oxygen atoms in total. The zero-order chi connectivity index (χ0) is 8.32. The highest BCUT2D eigenvalue weighted by Crippen LogP contribution is 1.95. The number of hydrogen-bond acceptors (Lipinski definition) is 7. The second-order valence-electron chi connectivity index (χ2n) is 1.67. The van der Waals surface area contributed by atoms with E-state index in [-0.39, 0.29) is 6.54 Å². The average Bonchev–Trinajstić information content (AvgIpc) is 1.85. The second kappa shape index (κ2) is 3.32. The van der Waals surface area contributed by atoms with E-state index < -0.39 is 10.2 Å². The predicted octanol–water partition coefficient (Wildman–Crippen LogP) is -4.35. The fourth-order valence-electron chi connectivity index (χ4n) is 0.510. The molecule has 64 valence electrons. The van der Waals surface area contributed by atoms with E-state index >= 15 is 0 Å². The summed E-state index contributed by atoms with van der Waals surface area (Å²) in [6, 6.07) is 0. The molecule has 0 aromatic carbocycles. The molecular weight excluding hydrogens is 178 g/mol. The lowest BCUT2D eigenvalue weighted by Gasteiger charge is -2.21. The minimum absolute atomic E-state index is 0.168. The van der Waals surface area contributed by atoms with Gasteiger partial charge in [-0.3, -0.25) is 0 Å². The zero-order valence-electron chi connectivity index (χ0n) is 5.32. The Kier molecular flexibility index (Phi) is 2.62. The average molecular weight is 184 g/mol. The van der Waals surface area contributed by atoms with Crippen LogP contribution in [0.15, 0.2) is 12.3 Å². The molecule has 0 unspecified atom stereocenters. The van der Waals surface area contributed by atoms with E-state index in [1.54, 1.807) is 6.08 Å². The van der Waals surface area contributed by atoms with Crippen LogP contribution in [0.2, 0.25) is 0 Å². The van der Waals surface area contributed by atoms with E-state index in [9.17, 15) is 14.0 Å². The molecule has 11 heavy (non-hydrogen) atoms. The molecule has 1 heterocycles. The summed E-state index contributed by atoms with van der Waals surface area (Å²) < 4.78 is 33.8. The van der Waals surface area contributed by atoms with Gasteiger partial charge in [0, 0.05) is 11.4 Å². The summed E-state index contributed by atoms with van der Waals surface area (Å²) in [5, 5.41) is 0.740. The van der Waals surface area contributed by atoms with Crippen LogP contribution in [0.1, 0.15) is 0 Å². The Morgan fingerprint density at radius 1 is 1.45 bits per heavy atom. The highest BCUT2D eigenvalue weighted by Gasteiger charge is 2.26. The molecule has 0 fully saturated rings. The number of hydrogen-bond donors (Lipinski definition) is 2. The summed E-state index contributed by atoms with van der Waals surface area (Å²) in [5.41, 5.74) is 4.68. The van der Waals surface area contributed by atoms with Crippen molar-refractivity contribution in [1.29, 1.82) is 0 Å². The Labute approximate surface area is 64.5 Å². The maximum atomic E-state index is 9.96. The number of nitrogens with zero attached hydrogens (tertiary/aromatic N) is 1. The topological polar surface area (TPSA) is 106 Å². The van der Waals surface area contributed by atoms with Gasteiger partial charge < -0.3 is 5.43 Å². The van der Waals surface area contributed by atoms with Crippen molar-refractivity contribution in [3.05, 3.63) is 12.3 Å². The molecule has 1 rings (SSSR count). The molecule has 0 radical (unpaired) electrons. The van der Waals surface area contributed by atoms with Crippen LogP contribution in [0.3, 0.4) is 0 Å². The van der Waals surface area contributed by atoms with Crippen LogP contribution in [0.25, 0.3) is 0 Å². The minimum atomic E-state index is -4.42. The first kappa shape index (κ1) is 8.68. The highest BCUT2D eigenvalue weighted by atomic mass is 35.7. The van der Waals surface area contributed by atoms with Gasteiger partial charge in [0.25, 0.3) is 0 Å². The molecule has 0 aromatic rings. The SMILES string of the molecule is [O-][Cl+3]([O-])([O-])ON1CC=CNN1. The van der Waals surface area contributed by atoms with Crippen LogP contribution >= 0.6 is 0 Å². The third-order valence-electron chi connectivity index (χ3n) is 0.829. The molecule has 0 bridgehead atoms. The highest BCUT2D eigenvalue weighted by molar-refractivity contribution is 4.81. The number of hydroxylamine groups is 1. The van der Waals surface area contributed by atoms with Gasteiger partial charge >= 0.3 is 0 Å². The molecule has 0 amide bonds. The molecule has 0 atom stereocenters. The second-order valence-corrected chi connectivity index (χ2v) is 2.56. The van der Waals surface area contributed by atoms with Gasteiger partial charge in [-0.2, -0.15) is 14.0 Å². The van der Waals surface area contributed by atoms with Crippen molar-refractivity contribution >= 4 is 0 Å². The predicted molar refractivity (Wildman–Crippen MR) is 23.2 cm³/mol. The van der Waals surface area contributed by atoms with Gasteiger partial charge in [0.15, 0.2) is 4.39 Å². The lowest BCUT2D eigenvalue weighted by molar-refractivity contribution is -1.93. The van der Waals surface area contributed by atoms with E-state index in [4.69, 9.17) is 0 Å². The van der Waals surface area contributed by atoms with Gasteiger partial charge in [0.2, 0.25) is 0 Å². The molecule has 0 saturated heterocycles. The smallest absolute Gasteiger partial charge is 0.196 e. The Hall–Kier alpha value is -0.410. The van der Waals surface area contributed by atoms with E-state index in [0.29, 0.717) is 0 Å². The first-order valence-corrected chi connectivity index (χ1v) is 3.85. The van der Waals surface area contributed by atoms with Crippen LogP contribution in [0.4, 0.5) is 0 Å². The molecule has 1 aliphatic heterocycles. The summed E-state index contributed by atoms with van der Waals surface area (Å²) in [5.74, 6) is 0. The number of halogens is 1. The molecule has 0 saturated carbocycles. The first-order chi connectivity index (χ1) is 5.08. The van der Waals surface area contributed by atoms with Crippen LogP contribution in [0, 0.1) is 10.2 Å². The largest absolute Gasteiger partial charge is 0.313 e. The van der Waals surface area contributed by atoms with Crippen LogP contribution in [-0.4, -0.2) is 11.7 Å². The summed E-state index contributed by atoms with van der Waals surface area (Å²) in [6.45, 7) is 0.168. The van der Waals surface area contributed by atoms with Crippen LogP contribution in [-0.2, 0) is 4.39 Å². The minimum Gasteiger partial charge on any atom is -0.313 e. The van der Waals surface area contributed by atoms with Crippen LogP contribution < -0.4 is 24.9 Å². The molecule has 2 N–H and O–H groups in total. The van der Waals surface area contributed by atoms with Crippen molar-refractivity contribution in [1.82, 2.24) is 16.1 Å². The van der Waals surface area contributed by atoms with Crippen molar-refractivity contribution < 1.29 is 28.6 Å². The van der Waals surface area contributed by atoms with Gasteiger partial charge in [0.1, 0.15) is 10.2 Å². The quantitative estimate of drug-likeness (QED) is 0.446. The summed E-state index contributed by atoms with van der Waals surface area (Å²) in [6.07, 6.45) is 3.10. The maximum Gasteiger partial charge on any atom is 0.196 e. The molecule has 0 aliphatic carbocycles. The summed E-state index contributed by atoms with van der Waals surface area (Å²) in [7, 11) is -4.42. The maximum absolute atomic E-state index is 9.96. The van der Waals surface area contributed by atoms with Crippen molar-refractivity contribution in [3.63, 3.8) is 0 Å². The van der Waals surface area contributed by atoms with E-state index in [2.05, 4.69) is 15.4 Å². The van der Waals surface area contributed by atoms with E-state index in [1.807, 2.05) is 0 Å². The molecule has 8 heteroatoms. The fourth-order valence-corrected chi connectivity index (χ4v) is 0.805. The van der Waals surface area contributed by atoms with Gasteiger partial charge in [-0.1, -0.05) is 0 Å². The van der Waals surface area contributed by atoms with Gasteiger partial charge in [-0.15, -0.1) is 5.53 Å². The lowest BCUT2D eigenvalue weighted by Crippen LogP contribution is -2.66. The van der Waals surface area contributed by atoms with Crippen LogP contribution in [0.5, 0.6) is 0 Å². The van der Waals surface area contributed by atoms with E-state index in [0.717, 1.165) is 5.17 Å². The van der Waals surface area contributed by atoms with Crippen molar-refractivity contribution in [2.24, 2.45) is 0 Å². The van der Waals surface area contributed by atoms with Gasteiger partial charge in [-0.25, -0.2) is 0 Å². The molecule has 1 aliphatic rings. The van der Waals surface area contributed by atoms with Crippen molar-refractivity contribution in [3.8, 4) is 0 Å². The third-order valence-corrected chi connectivity index (χ3v) is 1.17. The Bertz CT molecular complexity index is 157. The monoisotopic (exact) mass is 183 g/mol. The molecular formula is C3H6ClN3O4. The van der Waals surface area contributed by atoms with Crippen molar-refractivity contribution in [2.75, 3.05) is 6.54 Å². The zero-order valence-corrected chi connectivity index (χ0v) is 6.08. The standard InChI is InChI=1S/C3H6ClN3O4/c8-4(9,10)11-7-3-1-2-5-6-7/h1-2,5-6H,3H2. The number of rotatable bonds is 2. The van der Waals surface area contributed by atoms with E-state index in [1.165, 1.54) is 6.20 Å². The molecule has 0 spiro atoms. The van der Waals surface area contributed by atoms with Crippen molar-refractivity contribution in [2.45, 2.75) is 0 Å². The summed E-state index contributed by atoms with van der Waals surface area (Å²) in [4.78, 5) is 0. The third kappa shape index (κ3) is 3.49. The number of hydrazine groups is 2. The normalized spacial score (nSPS) is 19.9. The number of nitrogens with one attached hydrogen (secondary N) is 2. The summed E-state index contributed by atoms with van der Waals surface area (Å²) >= 11 is 0. The van der Waals surface area contributed by atoms with Gasteiger partial charge in [-0.05, 0) is 6.08 Å². The Balaban J connectivity index is 2.32.